The van der Waals surface area contributed by atoms with E-state index in [1.165, 1.54) is 43.2 Å². The summed E-state index contributed by atoms with van der Waals surface area (Å²) in [7, 11) is -1.58. The quantitative estimate of drug-likeness (QED) is 0.320. The highest BCUT2D eigenvalue weighted by molar-refractivity contribution is 7.90. The highest BCUT2D eigenvalue weighted by atomic mass is 32.2. The van der Waals surface area contributed by atoms with Crippen molar-refractivity contribution in [2.75, 3.05) is 25.5 Å². The van der Waals surface area contributed by atoms with E-state index < -0.39 is 33.3 Å². The molecule has 4 heterocycles. The summed E-state index contributed by atoms with van der Waals surface area (Å²) < 4.78 is 101. The zero-order valence-electron chi connectivity index (χ0n) is 21.4. The van der Waals surface area contributed by atoms with E-state index >= 15 is 4.39 Å². The smallest absolute Gasteiger partial charge is 0.417 e. The molecule has 0 saturated carbocycles. The van der Waals surface area contributed by atoms with Gasteiger partial charge in [-0.25, -0.2) is 9.37 Å². The molecule has 0 radical (unpaired) electrons. The van der Waals surface area contributed by atoms with E-state index in [1.54, 1.807) is 0 Å². The highest BCUT2D eigenvalue weighted by Gasteiger charge is 2.33. The molecule has 0 fully saturated rings. The number of pyridine rings is 2. The molecular formula is C25H21F4N5O6S. The van der Waals surface area contributed by atoms with Crippen LogP contribution < -0.4 is 19.8 Å². The second-order valence-electron chi connectivity index (χ2n) is 8.84. The number of fused-ring (bicyclic) bond motifs is 1. The molecule has 0 spiro atoms. The van der Waals surface area contributed by atoms with Crippen LogP contribution >= 0.6 is 0 Å². The topological polar surface area (TPSA) is 129 Å². The number of aromatic nitrogens is 3. The van der Waals surface area contributed by atoms with Crippen molar-refractivity contribution >= 4 is 16.0 Å². The summed E-state index contributed by atoms with van der Waals surface area (Å²) in [5.41, 5.74) is -1.37. The second-order valence-corrected chi connectivity index (χ2v) is 10.5. The summed E-state index contributed by atoms with van der Waals surface area (Å²) in [6.45, 7) is -0.140. The second kappa shape index (κ2) is 10.5. The number of hydrogen-bond acceptors (Lipinski definition) is 8. The Balaban J connectivity index is 1.57. The van der Waals surface area contributed by atoms with Gasteiger partial charge in [0.25, 0.3) is 5.56 Å². The van der Waals surface area contributed by atoms with Gasteiger partial charge in [0, 0.05) is 60.7 Å². The van der Waals surface area contributed by atoms with Gasteiger partial charge in [-0.1, -0.05) is 11.2 Å². The Morgan fingerprint density at radius 2 is 1.85 bits per heavy atom. The monoisotopic (exact) mass is 595 g/mol. The minimum Gasteiger partial charge on any atom is -0.495 e. The van der Waals surface area contributed by atoms with Crippen LogP contribution in [0.3, 0.4) is 0 Å². The number of anilines is 1. The zero-order valence-corrected chi connectivity index (χ0v) is 22.2. The fourth-order valence-corrected chi connectivity index (χ4v) is 5.66. The number of hydrogen-bond donors (Lipinski definition) is 1. The van der Waals surface area contributed by atoms with Crippen LogP contribution in [0, 0.1) is 5.82 Å². The molecule has 0 aliphatic carbocycles. The number of nitrogens with zero attached hydrogens (tertiary/aromatic N) is 4. The standard InChI is InChI=1S/C25H21F4N5O6S/c1-38-21-10-16(17-9-15(25(27,28)29)12-30-24(17)39-2)18(26)11-20(21)34-19-5-7-33(13-14(19)3-4-23(34)35)41(36,37)32-22-6-8-40-31-22/h3-4,6,8-12H,5,7,13H2,1-2H3,(H,31,32). The molecule has 3 aromatic heterocycles. The van der Waals surface area contributed by atoms with Crippen LogP contribution in [-0.2, 0) is 29.4 Å². The van der Waals surface area contributed by atoms with Gasteiger partial charge in [-0.15, -0.1) is 0 Å². The lowest BCUT2D eigenvalue weighted by Crippen LogP contribution is -2.41. The molecule has 4 aromatic rings. The van der Waals surface area contributed by atoms with Crippen LogP contribution in [-0.4, -0.2) is 48.2 Å². The molecule has 1 aromatic carbocycles. The molecule has 0 atom stereocenters. The molecule has 1 N–H and O–H groups in total. The Labute approximate surface area is 230 Å². The number of nitrogens with one attached hydrogen (secondary N) is 1. The number of rotatable bonds is 7. The third-order valence-corrected chi connectivity index (χ3v) is 7.87. The molecule has 41 heavy (non-hydrogen) atoms. The van der Waals surface area contributed by atoms with Crippen LogP contribution in [0.5, 0.6) is 11.6 Å². The summed E-state index contributed by atoms with van der Waals surface area (Å²) >= 11 is 0. The molecule has 0 amide bonds. The van der Waals surface area contributed by atoms with Crippen molar-refractivity contribution in [3.8, 4) is 28.4 Å². The lowest BCUT2D eigenvalue weighted by atomic mass is 10.0. The van der Waals surface area contributed by atoms with Crippen molar-refractivity contribution < 1.29 is 40.0 Å². The highest BCUT2D eigenvalue weighted by Crippen LogP contribution is 2.39. The van der Waals surface area contributed by atoms with Crippen LogP contribution in [0.25, 0.3) is 16.8 Å². The molecule has 216 valence electrons. The average molecular weight is 596 g/mol. The number of halogens is 4. The maximum Gasteiger partial charge on any atom is 0.417 e. The van der Waals surface area contributed by atoms with Gasteiger partial charge in [0.05, 0.1) is 25.5 Å². The molecule has 0 unspecified atom stereocenters. The van der Waals surface area contributed by atoms with E-state index in [1.807, 2.05) is 0 Å². The minimum absolute atomic E-state index is 0.00586. The first-order valence-electron chi connectivity index (χ1n) is 11.8. The van der Waals surface area contributed by atoms with E-state index in [0.717, 1.165) is 16.4 Å². The number of alkyl halides is 3. The molecule has 0 bridgehead atoms. The molecule has 0 saturated heterocycles. The first kappa shape index (κ1) is 28.1. The van der Waals surface area contributed by atoms with Gasteiger partial charge >= 0.3 is 16.4 Å². The van der Waals surface area contributed by atoms with E-state index in [4.69, 9.17) is 9.47 Å². The first-order chi connectivity index (χ1) is 19.4. The predicted molar refractivity (Wildman–Crippen MR) is 136 cm³/mol. The number of benzene rings is 1. The van der Waals surface area contributed by atoms with Gasteiger partial charge < -0.3 is 14.0 Å². The van der Waals surface area contributed by atoms with Crippen LogP contribution in [0.1, 0.15) is 16.8 Å². The van der Waals surface area contributed by atoms with E-state index in [-0.39, 0.29) is 53.8 Å². The number of ether oxygens (including phenoxy) is 2. The van der Waals surface area contributed by atoms with Gasteiger partial charge in [-0.2, -0.15) is 25.9 Å². The maximum atomic E-state index is 15.6. The Morgan fingerprint density at radius 1 is 1.07 bits per heavy atom. The van der Waals surface area contributed by atoms with E-state index in [2.05, 4.69) is 19.4 Å². The van der Waals surface area contributed by atoms with Crippen molar-refractivity contribution in [1.82, 2.24) is 19.0 Å². The predicted octanol–water partition coefficient (Wildman–Crippen LogP) is 3.78. The molecule has 5 rings (SSSR count). The van der Waals surface area contributed by atoms with Gasteiger partial charge in [-0.3, -0.25) is 14.1 Å². The van der Waals surface area contributed by atoms with Crippen LogP contribution in [0.15, 0.2) is 58.2 Å². The normalized spacial score (nSPS) is 14.0. The largest absolute Gasteiger partial charge is 0.495 e. The van der Waals surface area contributed by atoms with Crippen LogP contribution in [0.2, 0.25) is 0 Å². The van der Waals surface area contributed by atoms with E-state index in [9.17, 15) is 26.4 Å². The number of methoxy groups -OCH3 is 2. The third kappa shape index (κ3) is 5.35. The Hall–Kier alpha value is -4.44. The zero-order chi connectivity index (χ0) is 29.5. The SMILES string of the molecule is COc1cc(-c2cc(C(F)(F)F)cnc2OC)c(F)cc1-n1c2c(ccc1=O)CN(S(=O)(=O)Nc1ccon1)CC2. The van der Waals surface area contributed by atoms with Gasteiger partial charge in [-0.05, 0) is 17.7 Å². The third-order valence-electron chi connectivity index (χ3n) is 6.42. The van der Waals surface area contributed by atoms with Crippen molar-refractivity contribution in [1.29, 1.82) is 0 Å². The Bertz CT molecular complexity index is 1770. The van der Waals surface area contributed by atoms with Gasteiger partial charge in [0.1, 0.15) is 17.8 Å². The first-order valence-corrected chi connectivity index (χ1v) is 13.3. The molecule has 1 aliphatic rings. The van der Waals surface area contributed by atoms with Gasteiger partial charge in [0.2, 0.25) is 5.88 Å². The van der Waals surface area contributed by atoms with Gasteiger partial charge in [0.15, 0.2) is 5.82 Å². The fraction of sp³-hybridized carbons (Fsp3) is 0.240. The average Bonchev–Trinajstić information content (AvgIpc) is 3.44. The fourth-order valence-electron chi connectivity index (χ4n) is 4.52. The Kier molecular flexibility index (Phi) is 7.21. The lowest BCUT2D eigenvalue weighted by Gasteiger charge is -2.30. The van der Waals surface area contributed by atoms with Crippen molar-refractivity contribution in [2.45, 2.75) is 19.1 Å². The van der Waals surface area contributed by atoms with Crippen molar-refractivity contribution in [3.63, 3.8) is 0 Å². The molecular weight excluding hydrogens is 574 g/mol. The van der Waals surface area contributed by atoms with Crippen molar-refractivity contribution in [3.05, 3.63) is 81.9 Å². The Morgan fingerprint density at radius 3 is 2.51 bits per heavy atom. The summed E-state index contributed by atoms with van der Waals surface area (Å²) in [5, 5.41) is 3.54. The molecule has 16 heteroatoms. The van der Waals surface area contributed by atoms with E-state index in [0.29, 0.717) is 23.5 Å². The molecule has 1 aliphatic heterocycles. The summed E-state index contributed by atoms with van der Waals surface area (Å²) in [4.78, 5) is 16.7. The maximum absolute atomic E-state index is 15.6. The summed E-state index contributed by atoms with van der Waals surface area (Å²) in [6, 6.07) is 6.83. The summed E-state index contributed by atoms with van der Waals surface area (Å²) in [5.74, 6) is -1.25. The van der Waals surface area contributed by atoms with Crippen molar-refractivity contribution in [2.24, 2.45) is 0 Å². The lowest BCUT2D eigenvalue weighted by molar-refractivity contribution is -0.137. The van der Waals surface area contributed by atoms with Crippen LogP contribution in [0.4, 0.5) is 23.4 Å². The minimum atomic E-state index is -4.74. The summed E-state index contributed by atoms with van der Waals surface area (Å²) in [6.07, 6.45) is -2.88. The molecule has 11 nitrogen and oxygen atoms in total.